The lowest BCUT2D eigenvalue weighted by Crippen LogP contribution is -2.48. The average Bonchev–Trinajstić information content (AvgIpc) is 2.53. The van der Waals surface area contributed by atoms with E-state index in [1.807, 2.05) is 13.8 Å². The van der Waals surface area contributed by atoms with Crippen LogP contribution in [0.2, 0.25) is 0 Å². The minimum absolute atomic E-state index is 0.0221. The fraction of sp³-hybridized carbons (Fsp3) is 0.579. The number of carbonyl (C=O) groups excluding carboxylic acids is 1. The number of hydrogen-bond donors (Lipinski definition) is 3. The molecule has 26 heavy (non-hydrogen) atoms. The monoisotopic (exact) mass is 364 g/mol. The maximum Gasteiger partial charge on any atom is 0.315 e. The number of rotatable bonds is 3. The topological polar surface area (TPSA) is 87.7 Å². The van der Waals surface area contributed by atoms with Crippen molar-refractivity contribution in [2.24, 2.45) is 5.92 Å². The lowest BCUT2D eigenvalue weighted by Gasteiger charge is -2.38. The Hall–Kier alpha value is -2.31. The third-order valence-electron chi connectivity index (χ3n) is 5.15. The Morgan fingerprint density at radius 3 is 2.54 bits per heavy atom. The number of amides is 2. The molecule has 1 heterocycles. The Bertz CT molecular complexity index is 699. The summed E-state index contributed by atoms with van der Waals surface area (Å²) in [6.07, 6.45) is 3.04. The van der Waals surface area contributed by atoms with Gasteiger partial charge in [0.05, 0.1) is 12.0 Å². The van der Waals surface area contributed by atoms with Gasteiger partial charge in [-0.15, -0.1) is 0 Å². The van der Waals surface area contributed by atoms with Crippen LogP contribution in [0.5, 0.6) is 5.75 Å². The van der Waals surface area contributed by atoms with Crippen molar-refractivity contribution in [2.75, 3.05) is 0 Å². The summed E-state index contributed by atoms with van der Waals surface area (Å²) in [4.78, 5) is 23.4. The second-order valence-electron chi connectivity index (χ2n) is 7.81. The van der Waals surface area contributed by atoms with E-state index >= 15 is 0 Å². The summed E-state index contributed by atoms with van der Waals surface area (Å²) in [5, 5.41) is 14.9. The molecule has 2 amide bonds. The number of carboxylic acids is 1. The summed E-state index contributed by atoms with van der Waals surface area (Å²) in [6, 6.07) is 3.76. The van der Waals surface area contributed by atoms with Crippen molar-refractivity contribution in [2.45, 2.75) is 63.6 Å². The third-order valence-corrected chi connectivity index (χ3v) is 5.15. The van der Waals surface area contributed by atoms with Gasteiger partial charge in [-0.1, -0.05) is 6.07 Å². The lowest BCUT2D eigenvalue weighted by molar-refractivity contribution is -0.142. The first-order valence-corrected chi connectivity index (χ1v) is 9.02. The molecule has 6 nitrogen and oxygen atoms in total. The van der Waals surface area contributed by atoms with E-state index in [9.17, 15) is 14.0 Å². The van der Waals surface area contributed by atoms with Crippen LogP contribution in [-0.4, -0.2) is 28.7 Å². The van der Waals surface area contributed by atoms with Gasteiger partial charge in [0.2, 0.25) is 0 Å². The van der Waals surface area contributed by atoms with E-state index in [1.54, 1.807) is 6.07 Å². The van der Waals surface area contributed by atoms with Gasteiger partial charge in [0.15, 0.2) is 0 Å². The molecule has 1 atom stereocenters. The largest absolute Gasteiger partial charge is 0.487 e. The quantitative estimate of drug-likeness (QED) is 0.767. The highest BCUT2D eigenvalue weighted by Crippen LogP contribution is 2.39. The molecule has 1 aromatic carbocycles. The maximum absolute atomic E-state index is 13.5. The summed E-state index contributed by atoms with van der Waals surface area (Å²) in [7, 11) is 0. The molecule has 0 spiro atoms. The van der Waals surface area contributed by atoms with Gasteiger partial charge in [0.25, 0.3) is 0 Å². The fourth-order valence-corrected chi connectivity index (χ4v) is 3.82. The van der Waals surface area contributed by atoms with Crippen molar-refractivity contribution in [3.05, 3.63) is 29.6 Å². The van der Waals surface area contributed by atoms with Gasteiger partial charge >= 0.3 is 12.0 Å². The third kappa shape index (κ3) is 4.26. The molecule has 1 unspecified atom stereocenters. The predicted octanol–water partition coefficient (Wildman–Crippen LogP) is 3.37. The highest BCUT2D eigenvalue weighted by Gasteiger charge is 2.35. The van der Waals surface area contributed by atoms with Crippen molar-refractivity contribution in [1.82, 2.24) is 10.6 Å². The van der Waals surface area contributed by atoms with Crippen LogP contribution in [0.4, 0.5) is 9.18 Å². The van der Waals surface area contributed by atoms with Crippen LogP contribution in [0.3, 0.4) is 0 Å². The molecule has 1 aliphatic heterocycles. The molecule has 0 radical (unpaired) electrons. The van der Waals surface area contributed by atoms with E-state index < -0.39 is 11.6 Å². The van der Waals surface area contributed by atoms with Crippen LogP contribution in [0.25, 0.3) is 0 Å². The number of halogens is 1. The van der Waals surface area contributed by atoms with Gasteiger partial charge in [0, 0.05) is 24.1 Å². The van der Waals surface area contributed by atoms with Gasteiger partial charge in [-0.25, -0.2) is 9.18 Å². The SMILES string of the molecule is CC1(C)CC(NC(=O)NC2CCC(C(=O)O)CC2)c2ccc(F)cc2O1. The van der Waals surface area contributed by atoms with Crippen LogP contribution < -0.4 is 15.4 Å². The molecule has 1 aliphatic carbocycles. The number of hydrogen-bond acceptors (Lipinski definition) is 3. The molecular formula is C19H25FN2O4. The molecule has 3 N–H and O–H groups in total. The summed E-state index contributed by atoms with van der Waals surface area (Å²) >= 11 is 0. The molecular weight excluding hydrogens is 339 g/mol. The molecule has 1 aromatic rings. The van der Waals surface area contributed by atoms with E-state index in [0.29, 0.717) is 37.9 Å². The molecule has 1 saturated carbocycles. The summed E-state index contributed by atoms with van der Waals surface area (Å²) < 4.78 is 19.3. The van der Waals surface area contributed by atoms with Gasteiger partial charge in [-0.2, -0.15) is 0 Å². The lowest BCUT2D eigenvalue weighted by atomic mass is 9.86. The predicted molar refractivity (Wildman–Crippen MR) is 93.5 cm³/mol. The first kappa shape index (κ1) is 18.5. The van der Waals surface area contributed by atoms with Crippen molar-refractivity contribution in [3.63, 3.8) is 0 Å². The molecule has 142 valence electrons. The first-order valence-electron chi connectivity index (χ1n) is 9.02. The minimum atomic E-state index is -0.763. The van der Waals surface area contributed by atoms with Crippen LogP contribution >= 0.6 is 0 Å². The molecule has 7 heteroatoms. The average molecular weight is 364 g/mol. The number of carboxylic acid groups (broad SMARTS) is 1. The van der Waals surface area contributed by atoms with Gasteiger partial charge in [-0.3, -0.25) is 4.79 Å². The number of benzene rings is 1. The van der Waals surface area contributed by atoms with Crippen LogP contribution in [0.1, 0.15) is 57.6 Å². The summed E-state index contributed by atoms with van der Waals surface area (Å²) in [5.74, 6) is -0.997. The standard InChI is InChI=1S/C19H25FN2O4/c1-19(2)10-15(14-8-5-12(20)9-16(14)26-19)22-18(25)21-13-6-3-11(4-7-13)17(23)24/h5,8-9,11,13,15H,3-4,6-7,10H2,1-2H3,(H,23,24)(H2,21,22,25). The number of urea groups is 1. The van der Waals surface area contributed by atoms with Crippen LogP contribution in [0, 0.1) is 11.7 Å². The highest BCUT2D eigenvalue weighted by molar-refractivity contribution is 5.75. The molecule has 3 rings (SSSR count). The van der Waals surface area contributed by atoms with E-state index in [4.69, 9.17) is 9.84 Å². The second-order valence-corrected chi connectivity index (χ2v) is 7.81. The highest BCUT2D eigenvalue weighted by atomic mass is 19.1. The van der Waals surface area contributed by atoms with E-state index in [1.165, 1.54) is 12.1 Å². The first-order chi connectivity index (χ1) is 12.2. The minimum Gasteiger partial charge on any atom is -0.487 e. The normalized spacial score (nSPS) is 27.0. The van der Waals surface area contributed by atoms with Crippen molar-refractivity contribution in [1.29, 1.82) is 0 Å². The van der Waals surface area contributed by atoms with Gasteiger partial charge in [0.1, 0.15) is 17.2 Å². The number of aliphatic carboxylic acids is 1. The zero-order chi connectivity index (χ0) is 18.9. The smallest absolute Gasteiger partial charge is 0.315 e. The maximum atomic E-state index is 13.5. The molecule has 0 aromatic heterocycles. The number of nitrogens with one attached hydrogen (secondary N) is 2. The van der Waals surface area contributed by atoms with Gasteiger partial charge < -0.3 is 20.5 Å². The van der Waals surface area contributed by atoms with Gasteiger partial charge in [-0.05, 0) is 45.6 Å². The van der Waals surface area contributed by atoms with Crippen molar-refractivity contribution >= 4 is 12.0 Å². The number of fused-ring (bicyclic) bond motifs is 1. The molecule has 0 bridgehead atoms. The molecule has 0 saturated heterocycles. The Balaban J connectivity index is 1.62. The second kappa shape index (κ2) is 7.13. The molecule has 2 aliphatic rings. The number of carbonyl (C=O) groups is 2. The number of ether oxygens (including phenoxy) is 1. The van der Waals surface area contributed by atoms with Crippen molar-refractivity contribution in [3.8, 4) is 5.75 Å². The summed E-state index contributed by atoms with van der Waals surface area (Å²) in [5.41, 5.74) is 0.244. The Morgan fingerprint density at radius 1 is 1.19 bits per heavy atom. The zero-order valence-electron chi connectivity index (χ0n) is 15.0. The Kier molecular flexibility index (Phi) is 5.07. The Morgan fingerprint density at radius 2 is 1.88 bits per heavy atom. The fourth-order valence-electron chi connectivity index (χ4n) is 3.82. The molecule has 1 fully saturated rings. The van der Waals surface area contributed by atoms with Crippen LogP contribution in [0.15, 0.2) is 18.2 Å². The van der Waals surface area contributed by atoms with E-state index in [2.05, 4.69) is 10.6 Å². The van der Waals surface area contributed by atoms with Crippen LogP contribution in [-0.2, 0) is 4.79 Å². The Labute approximate surface area is 152 Å². The van der Waals surface area contributed by atoms with E-state index in [0.717, 1.165) is 5.56 Å². The van der Waals surface area contributed by atoms with E-state index in [-0.39, 0.29) is 29.8 Å². The zero-order valence-corrected chi connectivity index (χ0v) is 15.0. The van der Waals surface area contributed by atoms with Crippen molar-refractivity contribution < 1.29 is 23.8 Å². The summed E-state index contributed by atoms with van der Waals surface area (Å²) in [6.45, 7) is 3.81.